The summed E-state index contributed by atoms with van der Waals surface area (Å²) in [6.45, 7) is 10.1. The fourth-order valence-electron chi connectivity index (χ4n) is 5.13. The largest absolute Gasteiger partial charge is 0.508 e. The SMILES string of the molecule is Cc1cc(CN(Cc2cc(C)c(O)cc2-c2cc(C(C)C)ccc2C)c2ncc(OCCCC(=O)O)cn2)cc(C(F)(F)F)c1. The van der Waals surface area contributed by atoms with E-state index in [1.807, 2.05) is 19.1 Å². The molecule has 4 rings (SSSR count). The first-order chi connectivity index (χ1) is 21.2. The molecule has 0 aliphatic heterocycles. The average molecular weight is 622 g/mol. The molecule has 0 bridgehead atoms. The molecule has 0 saturated heterocycles. The van der Waals surface area contributed by atoms with Gasteiger partial charge in [-0.15, -0.1) is 0 Å². The van der Waals surface area contributed by atoms with Gasteiger partial charge in [0.2, 0.25) is 5.95 Å². The molecule has 1 heterocycles. The number of ether oxygens (including phenoxy) is 1. The van der Waals surface area contributed by atoms with Crippen LogP contribution >= 0.6 is 0 Å². The highest BCUT2D eigenvalue weighted by atomic mass is 19.4. The van der Waals surface area contributed by atoms with Gasteiger partial charge in [0, 0.05) is 19.5 Å². The summed E-state index contributed by atoms with van der Waals surface area (Å²) in [6, 6.07) is 13.8. The van der Waals surface area contributed by atoms with E-state index in [9.17, 15) is 23.1 Å². The van der Waals surface area contributed by atoms with E-state index in [0.29, 0.717) is 28.9 Å². The van der Waals surface area contributed by atoms with Crippen molar-refractivity contribution in [3.8, 4) is 22.6 Å². The summed E-state index contributed by atoms with van der Waals surface area (Å²) in [4.78, 5) is 21.5. The molecule has 7 nitrogen and oxygen atoms in total. The van der Waals surface area contributed by atoms with Crippen LogP contribution in [-0.2, 0) is 24.1 Å². The summed E-state index contributed by atoms with van der Waals surface area (Å²) >= 11 is 0. The molecule has 0 atom stereocenters. The number of carbonyl (C=O) groups is 1. The van der Waals surface area contributed by atoms with Crippen molar-refractivity contribution in [3.63, 3.8) is 0 Å². The molecule has 2 N–H and O–H groups in total. The van der Waals surface area contributed by atoms with Gasteiger partial charge >= 0.3 is 12.1 Å². The molecular weight excluding hydrogens is 583 g/mol. The average Bonchev–Trinajstić information content (AvgIpc) is 2.96. The number of hydrogen-bond donors (Lipinski definition) is 2. The Bertz CT molecular complexity index is 1650. The fraction of sp³-hybridized carbons (Fsp3) is 0.343. The van der Waals surface area contributed by atoms with Crippen molar-refractivity contribution in [2.75, 3.05) is 11.5 Å². The number of nitrogens with zero attached hydrogens (tertiary/aromatic N) is 3. The lowest BCUT2D eigenvalue weighted by Gasteiger charge is -2.26. The maximum Gasteiger partial charge on any atom is 0.416 e. The highest BCUT2D eigenvalue weighted by Gasteiger charge is 2.31. The normalized spacial score (nSPS) is 11.6. The zero-order valence-electron chi connectivity index (χ0n) is 26.1. The van der Waals surface area contributed by atoms with E-state index in [2.05, 4.69) is 35.9 Å². The Labute approximate surface area is 261 Å². The number of alkyl halides is 3. The van der Waals surface area contributed by atoms with Gasteiger partial charge in [-0.25, -0.2) is 9.97 Å². The Hall–Kier alpha value is -4.60. The summed E-state index contributed by atoms with van der Waals surface area (Å²) in [6.07, 6.45) is -1.28. The zero-order valence-corrected chi connectivity index (χ0v) is 26.1. The van der Waals surface area contributed by atoms with E-state index in [-0.39, 0.29) is 43.7 Å². The predicted octanol–water partition coefficient (Wildman–Crippen LogP) is 8.37. The highest BCUT2D eigenvalue weighted by molar-refractivity contribution is 5.74. The Morgan fingerprint density at radius 2 is 1.64 bits per heavy atom. The number of benzene rings is 3. The molecule has 0 saturated carbocycles. The first-order valence-corrected chi connectivity index (χ1v) is 14.7. The lowest BCUT2D eigenvalue weighted by molar-refractivity contribution is -0.138. The van der Waals surface area contributed by atoms with Crippen LogP contribution in [0.4, 0.5) is 19.1 Å². The lowest BCUT2D eigenvalue weighted by atomic mass is 9.90. The van der Waals surface area contributed by atoms with Crippen molar-refractivity contribution < 1.29 is 32.9 Å². The number of aromatic nitrogens is 2. The topological polar surface area (TPSA) is 95.8 Å². The standard InChI is InChI=1S/C35H38F3N3O4/c1-21(2)26-9-8-23(4)30(15-26)31-16-32(42)24(5)13-27(31)20-41(19-25-11-22(3)12-28(14-25)35(36,37)38)34-39-17-29(18-40-34)45-10-6-7-33(43)44/h8-9,11-18,21,42H,6-7,10,19-20H2,1-5H3,(H,43,44). The Morgan fingerprint density at radius 1 is 0.933 bits per heavy atom. The maximum absolute atomic E-state index is 13.7. The number of carboxylic acids is 1. The number of carboxylic acid groups (broad SMARTS) is 1. The molecule has 3 aromatic carbocycles. The predicted molar refractivity (Wildman–Crippen MR) is 168 cm³/mol. The number of halogens is 3. The van der Waals surface area contributed by atoms with Gasteiger partial charge in [0.15, 0.2) is 5.75 Å². The third kappa shape index (κ3) is 8.74. The van der Waals surface area contributed by atoms with Crippen LogP contribution in [0.15, 0.2) is 60.9 Å². The molecule has 0 radical (unpaired) electrons. The number of aryl methyl sites for hydroxylation is 3. The van der Waals surface area contributed by atoms with Crippen molar-refractivity contribution in [1.29, 1.82) is 0 Å². The molecule has 10 heteroatoms. The Morgan fingerprint density at radius 3 is 2.29 bits per heavy atom. The van der Waals surface area contributed by atoms with Gasteiger partial charge in [-0.3, -0.25) is 4.79 Å². The number of aromatic hydroxyl groups is 1. The number of phenolic OH excluding ortho intramolecular Hbond substituents is 1. The molecule has 0 aliphatic rings. The summed E-state index contributed by atoms with van der Waals surface area (Å²) in [7, 11) is 0. The number of anilines is 1. The van der Waals surface area contributed by atoms with Crippen LogP contribution in [-0.4, -0.2) is 32.8 Å². The molecule has 0 fully saturated rings. The van der Waals surface area contributed by atoms with E-state index in [1.165, 1.54) is 12.4 Å². The van der Waals surface area contributed by atoms with Crippen LogP contribution in [0.5, 0.6) is 11.5 Å². The van der Waals surface area contributed by atoms with E-state index in [1.54, 1.807) is 30.9 Å². The second-order valence-electron chi connectivity index (χ2n) is 11.7. The Kier molecular flexibility index (Phi) is 10.4. The fourth-order valence-corrected chi connectivity index (χ4v) is 5.13. The van der Waals surface area contributed by atoms with E-state index >= 15 is 0 Å². The smallest absolute Gasteiger partial charge is 0.416 e. The van der Waals surface area contributed by atoms with Crippen LogP contribution in [0, 0.1) is 20.8 Å². The van der Waals surface area contributed by atoms with E-state index in [0.717, 1.165) is 39.9 Å². The van der Waals surface area contributed by atoms with Crippen molar-refractivity contribution in [2.24, 2.45) is 0 Å². The van der Waals surface area contributed by atoms with Gasteiger partial charge in [0.05, 0.1) is 24.6 Å². The second kappa shape index (κ2) is 14.0. The van der Waals surface area contributed by atoms with Gasteiger partial charge in [-0.2, -0.15) is 13.2 Å². The number of phenols is 1. The molecule has 0 amide bonds. The number of rotatable bonds is 12. The van der Waals surface area contributed by atoms with Gasteiger partial charge in [-0.05, 0) is 90.3 Å². The molecular formula is C35H38F3N3O4. The van der Waals surface area contributed by atoms with Gasteiger partial charge in [0.1, 0.15) is 5.75 Å². The molecule has 0 unspecified atom stereocenters. The zero-order chi connectivity index (χ0) is 32.9. The van der Waals surface area contributed by atoms with Gasteiger partial charge in [0.25, 0.3) is 0 Å². The first-order valence-electron chi connectivity index (χ1n) is 14.7. The maximum atomic E-state index is 13.7. The molecule has 45 heavy (non-hydrogen) atoms. The van der Waals surface area contributed by atoms with Gasteiger partial charge < -0.3 is 19.8 Å². The summed E-state index contributed by atoms with van der Waals surface area (Å²) in [5.41, 5.74) is 5.61. The van der Waals surface area contributed by atoms with Crippen LogP contribution in [0.25, 0.3) is 11.1 Å². The molecule has 1 aromatic heterocycles. The van der Waals surface area contributed by atoms with Gasteiger partial charge in [-0.1, -0.05) is 49.7 Å². The highest BCUT2D eigenvalue weighted by Crippen LogP contribution is 2.36. The summed E-state index contributed by atoms with van der Waals surface area (Å²) < 4.78 is 46.7. The summed E-state index contributed by atoms with van der Waals surface area (Å²) in [5, 5.41) is 19.6. The Balaban J connectivity index is 1.76. The quantitative estimate of drug-likeness (QED) is 0.154. The van der Waals surface area contributed by atoms with Crippen LogP contribution in [0.3, 0.4) is 0 Å². The van der Waals surface area contributed by atoms with Crippen molar-refractivity contribution in [2.45, 2.75) is 72.6 Å². The first kappa shape index (κ1) is 33.3. The molecule has 0 aliphatic carbocycles. The number of aliphatic carboxylic acids is 1. The van der Waals surface area contributed by atoms with Crippen molar-refractivity contribution in [3.05, 3.63) is 99.9 Å². The van der Waals surface area contributed by atoms with Crippen molar-refractivity contribution >= 4 is 11.9 Å². The minimum atomic E-state index is -4.50. The summed E-state index contributed by atoms with van der Waals surface area (Å²) in [5.74, 6) is 0.128. The van der Waals surface area contributed by atoms with Crippen LogP contribution in [0.1, 0.15) is 71.6 Å². The van der Waals surface area contributed by atoms with Crippen LogP contribution in [0.2, 0.25) is 0 Å². The monoisotopic (exact) mass is 621 g/mol. The van der Waals surface area contributed by atoms with E-state index < -0.39 is 17.7 Å². The lowest BCUT2D eigenvalue weighted by Crippen LogP contribution is -2.25. The van der Waals surface area contributed by atoms with E-state index in [4.69, 9.17) is 9.84 Å². The van der Waals surface area contributed by atoms with Crippen molar-refractivity contribution in [1.82, 2.24) is 9.97 Å². The minimum Gasteiger partial charge on any atom is -0.508 e. The third-order valence-electron chi connectivity index (χ3n) is 7.54. The molecule has 0 spiro atoms. The second-order valence-corrected chi connectivity index (χ2v) is 11.7. The molecule has 238 valence electrons. The molecule has 4 aromatic rings. The van der Waals surface area contributed by atoms with Crippen LogP contribution < -0.4 is 9.64 Å². The third-order valence-corrected chi connectivity index (χ3v) is 7.54. The number of hydrogen-bond acceptors (Lipinski definition) is 6. The minimum absolute atomic E-state index is 0.0307.